The van der Waals surface area contributed by atoms with Crippen LogP contribution in [0.1, 0.15) is 16.2 Å². The van der Waals surface area contributed by atoms with Crippen LogP contribution < -0.4 is 0 Å². The maximum Gasteiger partial charge on any atom is 0.280 e. The van der Waals surface area contributed by atoms with E-state index in [1.54, 1.807) is 30.6 Å². The Labute approximate surface area is 157 Å². The van der Waals surface area contributed by atoms with Crippen molar-refractivity contribution < 1.29 is 9.72 Å². The van der Waals surface area contributed by atoms with E-state index in [1.165, 1.54) is 18.2 Å². The highest BCUT2D eigenvalue weighted by atomic mass is 16.6. The zero-order valence-corrected chi connectivity index (χ0v) is 14.3. The van der Waals surface area contributed by atoms with Crippen LogP contribution in [0, 0.1) is 10.1 Å². The lowest BCUT2D eigenvalue weighted by atomic mass is 10.1. The van der Waals surface area contributed by atoms with Crippen molar-refractivity contribution in [1.29, 1.82) is 0 Å². The number of aromatic nitrogens is 4. The molecule has 0 unspecified atom stereocenters. The molecule has 8 nitrogen and oxygen atoms in total. The molecule has 8 heteroatoms. The van der Waals surface area contributed by atoms with E-state index in [4.69, 9.17) is 0 Å². The number of nitro groups is 1. The van der Waals surface area contributed by atoms with Gasteiger partial charge < -0.3 is 4.98 Å². The van der Waals surface area contributed by atoms with Gasteiger partial charge in [-0.05, 0) is 30.3 Å². The van der Waals surface area contributed by atoms with Gasteiger partial charge in [0.1, 0.15) is 5.56 Å². The highest BCUT2D eigenvalue weighted by molar-refractivity contribution is 6.22. The van der Waals surface area contributed by atoms with Gasteiger partial charge in [-0.25, -0.2) is 4.98 Å². The minimum Gasteiger partial charge on any atom is -0.335 e. The number of ketones is 1. The zero-order chi connectivity index (χ0) is 19.3. The standard InChI is InChI=1S/C20H11N5O3/c26-19(11-5-1-2-8-14(11)25(27)28)20-23-17-12-6-3-9-21-15(12)16-13(18(17)24-20)7-4-10-22-16/h1-10H,(H,23,24). The van der Waals surface area contributed by atoms with E-state index in [0.717, 1.165) is 10.8 Å². The van der Waals surface area contributed by atoms with Crippen molar-refractivity contribution in [3.8, 4) is 0 Å². The number of nitrogens with one attached hydrogen (secondary N) is 1. The number of H-pyrrole nitrogens is 1. The molecular weight excluding hydrogens is 358 g/mol. The summed E-state index contributed by atoms with van der Waals surface area (Å²) < 4.78 is 0. The number of rotatable bonds is 3. The molecule has 134 valence electrons. The van der Waals surface area contributed by atoms with E-state index >= 15 is 0 Å². The van der Waals surface area contributed by atoms with Crippen LogP contribution in [0.4, 0.5) is 5.69 Å². The van der Waals surface area contributed by atoms with Crippen LogP contribution in [0.15, 0.2) is 60.9 Å². The quantitative estimate of drug-likeness (QED) is 0.224. The summed E-state index contributed by atoms with van der Waals surface area (Å²) in [5, 5.41) is 12.8. The number of carbonyl (C=O) groups excluding carboxylic acids is 1. The topological polar surface area (TPSA) is 115 Å². The van der Waals surface area contributed by atoms with E-state index < -0.39 is 10.7 Å². The number of hydrogen-bond donors (Lipinski definition) is 1. The van der Waals surface area contributed by atoms with E-state index in [2.05, 4.69) is 19.9 Å². The monoisotopic (exact) mass is 369 g/mol. The van der Waals surface area contributed by atoms with Gasteiger partial charge in [0.05, 0.1) is 27.0 Å². The Morgan fingerprint density at radius 3 is 2.32 bits per heavy atom. The van der Waals surface area contributed by atoms with Gasteiger partial charge in [-0.1, -0.05) is 12.1 Å². The number of imidazole rings is 1. The predicted octanol–water partition coefficient (Wildman–Crippen LogP) is 3.80. The normalized spacial score (nSPS) is 11.3. The third-order valence-electron chi connectivity index (χ3n) is 4.63. The summed E-state index contributed by atoms with van der Waals surface area (Å²) in [5.41, 5.74) is 2.32. The average Bonchev–Trinajstić information content (AvgIpc) is 3.19. The number of aromatic amines is 1. The molecule has 0 amide bonds. The van der Waals surface area contributed by atoms with Crippen LogP contribution in [-0.4, -0.2) is 30.6 Å². The molecule has 0 atom stereocenters. The zero-order valence-electron chi connectivity index (χ0n) is 14.3. The molecule has 2 aromatic carbocycles. The summed E-state index contributed by atoms with van der Waals surface area (Å²) in [6.45, 7) is 0. The molecule has 28 heavy (non-hydrogen) atoms. The Balaban J connectivity index is 1.82. The number of hydrogen-bond acceptors (Lipinski definition) is 6. The number of nitrogens with zero attached hydrogens (tertiary/aromatic N) is 4. The molecular formula is C20H11N5O3. The van der Waals surface area contributed by atoms with Crippen molar-refractivity contribution in [2.24, 2.45) is 0 Å². The number of para-hydroxylation sites is 1. The molecule has 0 saturated carbocycles. The minimum atomic E-state index is -0.575. The Kier molecular flexibility index (Phi) is 3.38. The Morgan fingerprint density at radius 2 is 1.57 bits per heavy atom. The number of carbonyl (C=O) groups is 1. The van der Waals surface area contributed by atoms with E-state index in [0.29, 0.717) is 22.1 Å². The molecule has 1 N–H and O–H groups in total. The van der Waals surface area contributed by atoms with Gasteiger partial charge in [0.25, 0.3) is 5.69 Å². The lowest BCUT2D eigenvalue weighted by Crippen LogP contribution is -2.07. The summed E-state index contributed by atoms with van der Waals surface area (Å²) in [4.78, 5) is 40.1. The first-order valence-electron chi connectivity index (χ1n) is 8.44. The SMILES string of the molecule is O=C(c1nc2c3cccnc3c3ncccc3c2[nH]1)c1ccccc1[N+](=O)[O-]. The van der Waals surface area contributed by atoms with E-state index in [1.807, 2.05) is 12.1 Å². The first-order chi connectivity index (χ1) is 13.6. The van der Waals surface area contributed by atoms with Gasteiger partial charge in [0.2, 0.25) is 5.78 Å². The molecule has 0 spiro atoms. The van der Waals surface area contributed by atoms with Crippen molar-refractivity contribution in [3.63, 3.8) is 0 Å². The Hall–Kier alpha value is -4.20. The molecule has 0 radical (unpaired) electrons. The van der Waals surface area contributed by atoms with Gasteiger partial charge in [-0.3, -0.25) is 24.9 Å². The minimum absolute atomic E-state index is 0.0172. The van der Waals surface area contributed by atoms with Crippen LogP contribution in [0.25, 0.3) is 32.8 Å². The van der Waals surface area contributed by atoms with Crippen LogP contribution in [0.2, 0.25) is 0 Å². The lowest BCUT2D eigenvalue weighted by Gasteiger charge is -2.03. The molecule has 5 rings (SSSR count). The summed E-state index contributed by atoms with van der Waals surface area (Å²) in [6, 6.07) is 13.1. The fourth-order valence-electron chi connectivity index (χ4n) is 3.40. The van der Waals surface area contributed by atoms with Gasteiger partial charge in [-0.15, -0.1) is 0 Å². The molecule has 0 aliphatic rings. The Bertz CT molecular complexity index is 1350. The highest BCUT2D eigenvalue weighted by Gasteiger charge is 2.24. The van der Waals surface area contributed by atoms with Crippen LogP contribution in [-0.2, 0) is 0 Å². The molecule has 0 saturated heterocycles. The second kappa shape index (κ2) is 5.92. The summed E-state index contributed by atoms with van der Waals surface area (Å²) >= 11 is 0. The number of fused-ring (bicyclic) bond motifs is 6. The maximum absolute atomic E-state index is 13.0. The molecule has 5 aromatic rings. The van der Waals surface area contributed by atoms with Crippen LogP contribution in [0.3, 0.4) is 0 Å². The van der Waals surface area contributed by atoms with Crippen molar-refractivity contribution >= 4 is 44.3 Å². The first-order valence-corrected chi connectivity index (χ1v) is 8.44. The van der Waals surface area contributed by atoms with Gasteiger partial charge in [-0.2, -0.15) is 0 Å². The molecule has 0 fully saturated rings. The van der Waals surface area contributed by atoms with Crippen molar-refractivity contribution in [2.45, 2.75) is 0 Å². The Morgan fingerprint density at radius 1 is 0.893 bits per heavy atom. The van der Waals surface area contributed by atoms with E-state index in [-0.39, 0.29) is 17.1 Å². The number of benzene rings is 2. The summed E-state index contributed by atoms with van der Waals surface area (Å²) in [5.74, 6) is -0.511. The highest BCUT2D eigenvalue weighted by Crippen LogP contribution is 2.32. The largest absolute Gasteiger partial charge is 0.335 e. The predicted molar refractivity (Wildman–Crippen MR) is 103 cm³/mol. The van der Waals surface area contributed by atoms with E-state index in [9.17, 15) is 14.9 Å². The van der Waals surface area contributed by atoms with Crippen molar-refractivity contribution in [1.82, 2.24) is 19.9 Å². The third kappa shape index (κ3) is 2.25. The molecule has 0 aliphatic carbocycles. The van der Waals surface area contributed by atoms with Crippen LogP contribution >= 0.6 is 0 Å². The van der Waals surface area contributed by atoms with Crippen molar-refractivity contribution in [3.05, 3.63) is 82.4 Å². The molecule has 3 aromatic heterocycles. The second-order valence-electron chi connectivity index (χ2n) is 6.21. The maximum atomic E-state index is 13.0. The van der Waals surface area contributed by atoms with Crippen molar-refractivity contribution in [2.75, 3.05) is 0 Å². The second-order valence-corrected chi connectivity index (χ2v) is 6.21. The number of nitro benzene ring substituents is 1. The fraction of sp³-hybridized carbons (Fsp3) is 0. The first kappa shape index (κ1) is 16.0. The average molecular weight is 369 g/mol. The van der Waals surface area contributed by atoms with Gasteiger partial charge in [0, 0.05) is 29.2 Å². The van der Waals surface area contributed by atoms with Crippen LogP contribution in [0.5, 0.6) is 0 Å². The molecule has 0 aliphatic heterocycles. The third-order valence-corrected chi connectivity index (χ3v) is 4.63. The summed E-state index contributed by atoms with van der Waals surface area (Å²) in [6.07, 6.45) is 3.35. The molecule has 0 bridgehead atoms. The summed E-state index contributed by atoms with van der Waals surface area (Å²) in [7, 11) is 0. The fourth-order valence-corrected chi connectivity index (χ4v) is 3.40. The van der Waals surface area contributed by atoms with Gasteiger partial charge in [0.15, 0.2) is 5.82 Å². The van der Waals surface area contributed by atoms with Gasteiger partial charge >= 0.3 is 0 Å². The number of pyridine rings is 2. The lowest BCUT2D eigenvalue weighted by molar-refractivity contribution is -0.385. The smallest absolute Gasteiger partial charge is 0.280 e. The molecule has 3 heterocycles.